The van der Waals surface area contributed by atoms with E-state index in [9.17, 15) is 22.4 Å². The van der Waals surface area contributed by atoms with E-state index >= 15 is 0 Å². The van der Waals surface area contributed by atoms with E-state index < -0.39 is 26.8 Å². The molecule has 0 spiro atoms. The van der Waals surface area contributed by atoms with Crippen LogP contribution in [-0.2, 0) is 15.6 Å². The number of hydrogen-bond donors (Lipinski definition) is 3. The molecule has 0 atom stereocenters. The quantitative estimate of drug-likeness (QED) is 0.182. The molecule has 2 amide bonds. The molecule has 0 unspecified atom stereocenters. The molecule has 0 bridgehead atoms. The van der Waals surface area contributed by atoms with Gasteiger partial charge in [-0.15, -0.1) is 11.8 Å². The van der Waals surface area contributed by atoms with Crippen molar-refractivity contribution in [3.63, 3.8) is 0 Å². The third-order valence-electron chi connectivity index (χ3n) is 6.05. The van der Waals surface area contributed by atoms with E-state index in [2.05, 4.69) is 36.2 Å². The molecule has 0 saturated heterocycles. The third kappa shape index (κ3) is 6.15. The van der Waals surface area contributed by atoms with Gasteiger partial charge in [-0.05, 0) is 53.6 Å². The minimum Gasteiger partial charge on any atom is -0.307 e. The summed E-state index contributed by atoms with van der Waals surface area (Å²) in [7, 11) is -4.14. The molecule has 3 N–H and O–H groups in total. The van der Waals surface area contributed by atoms with Crippen LogP contribution in [0, 0.1) is 11.7 Å². The molecule has 5 rings (SSSR count). The summed E-state index contributed by atoms with van der Waals surface area (Å²) >= 11 is 2.12. The molecule has 2 aromatic carbocycles. The van der Waals surface area contributed by atoms with Crippen LogP contribution in [0.4, 0.5) is 20.0 Å². The number of sulfone groups is 1. The fraction of sp³-hybridized carbons (Fsp3) is 0.250. The van der Waals surface area contributed by atoms with E-state index in [-0.39, 0.29) is 43.7 Å². The number of aromatic nitrogens is 5. The van der Waals surface area contributed by atoms with Crippen LogP contribution in [0.5, 0.6) is 0 Å². The summed E-state index contributed by atoms with van der Waals surface area (Å²) in [5, 5.41) is 17.1. The first-order valence-electron chi connectivity index (χ1n) is 11.9. The van der Waals surface area contributed by atoms with E-state index in [0.29, 0.717) is 0 Å². The van der Waals surface area contributed by atoms with Crippen LogP contribution in [0.2, 0.25) is 0 Å². The summed E-state index contributed by atoms with van der Waals surface area (Å²) in [6, 6.07) is 12.2. The number of halogens is 1. The topological polar surface area (TPSA) is 160 Å². The Labute approximate surface area is 230 Å². The van der Waals surface area contributed by atoms with Crippen LogP contribution >= 0.6 is 23.1 Å². The number of anilines is 2. The van der Waals surface area contributed by atoms with Crippen LogP contribution in [0.15, 0.2) is 62.8 Å². The number of tetrazole rings is 1. The number of nitrogens with one attached hydrogen (secondary N) is 3. The number of thioether (sulfide) groups is 1. The number of aromatic amines is 1. The van der Waals surface area contributed by atoms with Crippen LogP contribution in [0.3, 0.4) is 0 Å². The van der Waals surface area contributed by atoms with Gasteiger partial charge in [0.15, 0.2) is 15.1 Å². The third-order valence-corrected chi connectivity index (χ3v) is 10.2. The smallest absolute Gasteiger partial charge is 0.307 e. The predicted octanol–water partition coefficient (Wildman–Crippen LogP) is 4.94. The van der Waals surface area contributed by atoms with Gasteiger partial charge >= 0.3 is 6.03 Å². The van der Waals surface area contributed by atoms with Gasteiger partial charge in [-0.1, -0.05) is 47.5 Å². The molecule has 1 aliphatic carbocycles. The number of thiazole rings is 1. The van der Waals surface area contributed by atoms with Crippen LogP contribution < -0.4 is 10.6 Å². The zero-order valence-electron chi connectivity index (χ0n) is 20.3. The van der Waals surface area contributed by atoms with Crippen LogP contribution in [0.25, 0.3) is 0 Å². The minimum absolute atomic E-state index is 0.00740. The van der Waals surface area contributed by atoms with Gasteiger partial charge in [0.2, 0.25) is 0 Å². The number of hydrogen-bond acceptors (Lipinski definition) is 10. The number of nitrogens with zero attached hydrogens (tertiary/aromatic N) is 4. The Morgan fingerprint density at radius 1 is 1.10 bits per heavy atom. The van der Waals surface area contributed by atoms with Crippen molar-refractivity contribution in [3.8, 4) is 0 Å². The molecule has 0 aliphatic heterocycles. The Morgan fingerprint density at radius 2 is 1.87 bits per heavy atom. The monoisotopic (exact) mass is 587 g/mol. The molecule has 1 saturated carbocycles. The van der Waals surface area contributed by atoms with Gasteiger partial charge < -0.3 is 5.32 Å². The highest BCUT2D eigenvalue weighted by atomic mass is 32.2. The van der Waals surface area contributed by atoms with Gasteiger partial charge in [0.1, 0.15) is 5.82 Å². The number of urea groups is 1. The summed E-state index contributed by atoms with van der Waals surface area (Å²) in [5.74, 6) is -0.819. The first-order valence-corrected chi connectivity index (χ1v) is 15.2. The van der Waals surface area contributed by atoms with E-state index in [1.807, 2.05) is 30.3 Å². The van der Waals surface area contributed by atoms with Gasteiger partial charge in [0.25, 0.3) is 15.0 Å². The summed E-state index contributed by atoms with van der Waals surface area (Å²) in [5.41, 5.74) is 0.458. The Morgan fingerprint density at radius 3 is 2.59 bits per heavy atom. The Kier molecular flexibility index (Phi) is 7.99. The summed E-state index contributed by atoms with van der Waals surface area (Å²) < 4.78 is 40.2. The van der Waals surface area contributed by atoms with Crippen molar-refractivity contribution in [1.29, 1.82) is 0 Å². The van der Waals surface area contributed by atoms with E-state index in [1.54, 1.807) is 0 Å². The number of Topliss-reactive ketones (excluding diaryl/α,β-unsaturated/α-hetero) is 1. The van der Waals surface area contributed by atoms with Crippen molar-refractivity contribution >= 4 is 55.6 Å². The second kappa shape index (κ2) is 11.6. The fourth-order valence-corrected chi connectivity index (χ4v) is 7.78. The second-order valence-electron chi connectivity index (χ2n) is 8.68. The molecule has 39 heavy (non-hydrogen) atoms. The number of carbonyl (C=O) groups is 2. The van der Waals surface area contributed by atoms with Gasteiger partial charge in [-0.25, -0.2) is 27.7 Å². The summed E-state index contributed by atoms with van der Waals surface area (Å²) in [6.45, 7) is 0. The van der Waals surface area contributed by atoms with Crippen molar-refractivity contribution in [2.24, 2.45) is 5.92 Å². The minimum atomic E-state index is -4.14. The molecular weight excluding hydrogens is 566 g/mol. The van der Waals surface area contributed by atoms with E-state index in [0.717, 1.165) is 54.0 Å². The highest BCUT2D eigenvalue weighted by molar-refractivity contribution is 7.98. The first-order chi connectivity index (χ1) is 18.8. The number of H-pyrrole nitrogens is 1. The molecule has 0 radical (unpaired) electrons. The number of rotatable bonds is 9. The molecule has 4 aromatic rings. The molecule has 2 heterocycles. The van der Waals surface area contributed by atoms with Gasteiger partial charge in [-0.2, -0.15) is 0 Å². The van der Waals surface area contributed by atoms with Gasteiger partial charge in [0.05, 0.1) is 11.4 Å². The van der Waals surface area contributed by atoms with Crippen molar-refractivity contribution < 1.29 is 22.4 Å². The number of carbonyl (C=O) groups excluding carboxylic acids is 2. The van der Waals surface area contributed by atoms with Gasteiger partial charge in [-0.3, -0.25) is 10.1 Å². The Hall–Kier alpha value is -3.69. The second-order valence-corrected chi connectivity index (χ2v) is 12.8. The molecular formula is C24H22FN7O4S3. The summed E-state index contributed by atoms with van der Waals surface area (Å²) in [6.07, 6.45) is 3.31. The largest absolute Gasteiger partial charge is 0.325 e. The average molecular weight is 588 g/mol. The maximum Gasteiger partial charge on any atom is 0.325 e. The van der Waals surface area contributed by atoms with E-state index in [4.69, 9.17) is 0 Å². The average Bonchev–Trinajstić information content (AvgIpc) is 3.71. The SMILES string of the molecule is O=C(Nc1nc(CSc2ccccc2)c(S(=O)(=O)c2nnn[nH]2)s1)Nc1ccc(F)cc1C(=O)C1CCCC1. The maximum absolute atomic E-state index is 14.0. The lowest BCUT2D eigenvalue weighted by atomic mass is 9.95. The maximum atomic E-state index is 14.0. The molecule has 202 valence electrons. The lowest BCUT2D eigenvalue weighted by molar-refractivity contribution is 0.0923. The van der Waals surface area contributed by atoms with Crippen LogP contribution in [0.1, 0.15) is 41.7 Å². The van der Waals surface area contributed by atoms with Crippen molar-refractivity contribution in [3.05, 3.63) is 65.6 Å². The predicted molar refractivity (Wildman–Crippen MR) is 143 cm³/mol. The normalized spacial score (nSPS) is 13.9. The highest BCUT2D eigenvalue weighted by Crippen LogP contribution is 2.35. The summed E-state index contributed by atoms with van der Waals surface area (Å²) in [4.78, 5) is 31.1. The van der Waals surface area contributed by atoms with E-state index in [1.165, 1.54) is 17.8 Å². The molecule has 11 nitrogen and oxygen atoms in total. The lowest BCUT2D eigenvalue weighted by Crippen LogP contribution is -2.22. The van der Waals surface area contributed by atoms with Crippen LogP contribution in [-0.4, -0.2) is 45.8 Å². The zero-order chi connectivity index (χ0) is 27.4. The molecule has 15 heteroatoms. The number of benzene rings is 2. The highest BCUT2D eigenvalue weighted by Gasteiger charge is 2.30. The number of ketones is 1. The van der Waals surface area contributed by atoms with Crippen molar-refractivity contribution in [2.45, 2.75) is 45.7 Å². The first kappa shape index (κ1) is 26.9. The molecule has 1 aliphatic rings. The Bertz CT molecular complexity index is 1590. The molecule has 2 aromatic heterocycles. The number of amides is 2. The standard InChI is InChI=1S/C24H22FN7O4S3/c25-15-10-11-18(17(12-15)20(33)14-6-4-5-7-14)26-22(34)28-23-27-19(13-37-16-8-2-1-3-9-16)21(38-23)39(35,36)24-29-31-32-30-24/h1-3,8-12,14H,4-7,13H2,(H2,26,27,28,34)(H,29,30,31,32). The lowest BCUT2D eigenvalue weighted by Gasteiger charge is -2.14. The zero-order valence-corrected chi connectivity index (χ0v) is 22.7. The molecule has 1 fully saturated rings. The van der Waals surface area contributed by atoms with Crippen molar-refractivity contribution in [1.82, 2.24) is 25.6 Å². The Balaban J connectivity index is 1.38. The van der Waals surface area contributed by atoms with Gasteiger partial charge in [0, 0.05) is 22.1 Å². The fourth-order valence-electron chi connectivity index (χ4n) is 4.20. The van der Waals surface area contributed by atoms with Crippen molar-refractivity contribution in [2.75, 3.05) is 10.6 Å².